The summed E-state index contributed by atoms with van der Waals surface area (Å²) in [5, 5.41) is 0. The average Bonchev–Trinajstić information content (AvgIpc) is 3.04. The Morgan fingerprint density at radius 3 is 1.16 bits per heavy atom. The van der Waals surface area contributed by atoms with Crippen molar-refractivity contribution in [3.8, 4) is 23.0 Å². The van der Waals surface area contributed by atoms with Crippen molar-refractivity contribution in [2.75, 3.05) is 13.2 Å². The van der Waals surface area contributed by atoms with Crippen molar-refractivity contribution < 1.29 is 37.7 Å². The fraction of sp³-hybridized carbons (Fsp3) is 0.167. The highest BCUT2D eigenvalue weighted by Crippen LogP contribution is 2.18. The number of nitrogens with zero attached hydrogens (tertiary/aromatic N) is 2. The van der Waals surface area contributed by atoms with Gasteiger partial charge in [0.05, 0.1) is 11.1 Å². The normalized spacial score (nSPS) is 10.6. The summed E-state index contributed by atoms with van der Waals surface area (Å²) >= 11 is 0. The van der Waals surface area contributed by atoms with E-state index in [2.05, 4.69) is 0 Å². The molecule has 222 valence electrons. The summed E-state index contributed by atoms with van der Waals surface area (Å²) in [5.74, 6) is 1.68. The molecule has 0 spiro atoms. The van der Waals surface area contributed by atoms with Crippen molar-refractivity contribution in [2.45, 2.75) is 26.9 Å². The van der Waals surface area contributed by atoms with E-state index in [4.69, 9.17) is 18.9 Å². The zero-order valence-electron chi connectivity index (χ0n) is 24.7. The van der Waals surface area contributed by atoms with Crippen molar-refractivity contribution in [1.29, 1.82) is 0 Å². The second-order valence-corrected chi connectivity index (χ2v) is 10.2. The van der Waals surface area contributed by atoms with Gasteiger partial charge in [-0.05, 0) is 62.4 Å². The van der Waals surface area contributed by atoms with Gasteiger partial charge in [-0.1, -0.05) is 35.4 Å². The Hall–Kier alpha value is -5.50. The lowest BCUT2D eigenvalue weighted by Crippen LogP contribution is -2.35. The number of carbonyl (C=O) groups is 2. The van der Waals surface area contributed by atoms with Crippen LogP contribution in [0, 0.1) is 13.8 Å². The van der Waals surface area contributed by atoms with Gasteiger partial charge in [-0.3, -0.25) is 0 Å². The number of rotatable bonds is 12. The number of hydrogen-bond donors (Lipinski definition) is 0. The third kappa shape index (κ3) is 8.75. The van der Waals surface area contributed by atoms with Crippen LogP contribution in [-0.4, -0.2) is 25.2 Å². The van der Waals surface area contributed by atoms with Gasteiger partial charge < -0.3 is 18.9 Å². The van der Waals surface area contributed by atoms with E-state index >= 15 is 0 Å². The van der Waals surface area contributed by atoms with Gasteiger partial charge >= 0.3 is 11.9 Å². The van der Waals surface area contributed by atoms with E-state index in [1.165, 1.54) is 0 Å². The third-order valence-electron chi connectivity index (χ3n) is 6.78. The second-order valence-electron chi connectivity index (χ2n) is 10.2. The highest BCUT2D eigenvalue weighted by molar-refractivity contribution is 5.91. The van der Waals surface area contributed by atoms with E-state index < -0.39 is 0 Å². The van der Waals surface area contributed by atoms with Crippen LogP contribution in [0.4, 0.5) is 0 Å². The van der Waals surface area contributed by atoms with E-state index in [1.807, 2.05) is 96.3 Å². The first-order valence-corrected chi connectivity index (χ1v) is 14.3. The highest BCUT2D eigenvalue weighted by atomic mass is 16.5. The Bertz CT molecular complexity index is 1540. The molecule has 0 unspecified atom stereocenters. The van der Waals surface area contributed by atoms with Crippen LogP contribution in [-0.2, 0) is 13.1 Å². The molecule has 5 aromatic rings. The lowest BCUT2D eigenvalue weighted by Gasteiger charge is -2.08. The van der Waals surface area contributed by atoms with Crippen LogP contribution < -0.4 is 28.1 Å². The maximum absolute atomic E-state index is 12.3. The number of hydrogen-bond acceptors (Lipinski definition) is 6. The number of aromatic nitrogens is 2. The predicted molar refractivity (Wildman–Crippen MR) is 163 cm³/mol. The number of benzene rings is 3. The molecule has 44 heavy (non-hydrogen) atoms. The quantitative estimate of drug-likeness (QED) is 0.142. The number of carbonyl (C=O) groups excluding carboxylic acids is 2. The van der Waals surface area contributed by atoms with Gasteiger partial charge in [-0.15, -0.1) is 0 Å². The molecule has 0 amide bonds. The molecule has 5 rings (SSSR count). The van der Waals surface area contributed by atoms with Crippen molar-refractivity contribution in [3.63, 3.8) is 0 Å². The summed E-state index contributed by atoms with van der Waals surface area (Å²) in [4.78, 5) is 24.6. The van der Waals surface area contributed by atoms with Crippen LogP contribution >= 0.6 is 0 Å². The Balaban J connectivity index is 0.996. The molecule has 0 saturated carbocycles. The van der Waals surface area contributed by atoms with Crippen molar-refractivity contribution in [2.24, 2.45) is 0 Å². The Morgan fingerprint density at radius 1 is 0.477 bits per heavy atom. The molecule has 8 nitrogen and oxygen atoms in total. The fourth-order valence-electron chi connectivity index (χ4n) is 4.20. The molecule has 0 N–H and O–H groups in total. The minimum Gasteiger partial charge on any atom is -0.487 e. The van der Waals surface area contributed by atoms with E-state index in [1.54, 1.807) is 48.5 Å². The monoisotopic (exact) mass is 590 g/mol. The zero-order chi connectivity index (χ0) is 30.7. The van der Waals surface area contributed by atoms with Gasteiger partial charge in [0, 0.05) is 24.3 Å². The van der Waals surface area contributed by atoms with Crippen LogP contribution in [0.2, 0.25) is 0 Å². The third-order valence-corrected chi connectivity index (χ3v) is 6.78. The molecule has 2 aromatic heterocycles. The van der Waals surface area contributed by atoms with E-state index in [9.17, 15) is 9.59 Å². The van der Waals surface area contributed by atoms with E-state index in [0.717, 1.165) is 22.6 Å². The molecular formula is C36H34N2O6+2. The number of aryl methyl sites for hydroxylation is 2. The molecule has 0 atom stereocenters. The summed E-state index contributed by atoms with van der Waals surface area (Å²) in [5.41, 5.74) is 3.20. The van der Waals surface area contributed by atoms with E-state index in [0.29, 0.717) is 48.9 Å². The molecule has 0 saturated heterocycles. The Kier molecular flexibility index (Phi) is 9.94. The summed E-state index contributed by atoms with van der Waals surface area (Å²) in [7, 11) is 0. The van der Waals surface area contributed by atoms with Crippen molar-refractivity contribution >= 4 is 11.9 Å². The van der Waals surface area contributed by atoms with E-state index in [-0.39, 0.29) is 11.9 Å². The van der Waals surface area contributed by atoms with Gasteiger partial charge in [-0.2, -0.15) is 0 Å². The number of pyridine rings is 2. The van der Waals surface area contributed by atoms with Gasteiger partial charge in [0.15, 0.2) is 37.9 Å². The van der Waals surface area contributed by atoms with Crippen LogP contribution in [0.5, 0.6) is 23.0 Å². The molecule has 0 fully saturated rings. The maximum Gasteiger partial charge on any atom is 0.343 e. The molecular weight excluding hydrogens is 556 g/mol. The Morgan fingerprint density at radius 2 is 0.818 bits per heavy atom. The topological polar surface area (TPSA) is 78.8 Å². The summed E-state index contributed by atoms with van der Waals surface area (Å²) in [6.45, 7) is 6.15. The number of ether oxygens (including phenoxy) is 4. The summed E-state index contributed by atoms with van der Waals surface area (Å²) < 4.78 is 26.6. The first kappa shape index (κ1) is 30.0. The number of esters is 2. The van der Waals surface area contributed by atoms with Gasteiger partial charge in [0.2, 0.25) is 0 Å². The molecule has 3 aromatic carbocycles. The lowest BCUT2D eigenvalue weighted by atomic mass is 10.1. The maximum atomic E-state index is 12.3. The Labute approximate surface area is 256 Å². The molecule has 2 heterocycles. The van der Waals surface area contributed by atoms with Crippen LogP contribution in [0.3, 0.4) is 0 Å². The molecule has 0 bridgehead atoms. The van der Waals surface area contributed by atoms with Crippen LogP contribution in [0.15, 0.2) is 122 Å². The standard InChI is InChI=1S/C36H34N2O6/c1-27-3-7-29(8-4-27)35(39)43-33-15-19-37(20-16-33)23-25-41-31-11-13-32(14-12-31)42-26-24-38-21-17-34(18-22-38)44-36(40)30-9-5-28(2)6-10-30/h3-22H,23-26H2,1-2H3/q+2. The molecule has 0 aliphatic rings. The van der Waals surface area contributed by atoms with Gasteiger partial charge in [0.25, 0.3) is 0 Å². The molecule has 0 radical (unpaired) electrons. The minimum absolute atomic E-state index is 0.384. The largest absolute Gasteiger partial charge is 0.487 e. The molecule has 0 aliphatic carbocycles. The summed E-state index contributed by atoms with van der Waals surface area (Å²) in [6, 6.07) is 29.1. The average molecular weight is 591 g/mol. The molecule has 8 heteroatoms. The predicted octanol–water partition coefficient (Wildman–Crippen LogP) is 5.47. The first-order valence-electron chi connectivity index (χ1n) is 14.3. The zero-order valence-corrected chi connectivity index (χ0v) is 24.7. The van der Waals surface area contributed by atoms with Gasteiger partial charge in [-0.25, -0.2) is 18.7 Å². The van der Waals surface area contributed by atoms with Gasteiger partial charge in [0.1, 0.15) is 36.2 Å². The fourth-order valence-corrected chi connectivity index (χ4v) is 4.20. The lowest BCUT2D eigenvalue weighted by molar-refractivity contribution is -0.697. The second kappa shape index (κ2) is 14.6. The van der Waals surface area contributed by atoms with Crippen molar-refractivity contribution in [3.05, 3.63) is 144 Å². The SMILES string of the molecule is Cc1ccc(C(=O)Oc2cc[n+](CCOc3ccc(OCC[n+]4ccc(OC(=O)c5ccc(C)cc5)cc4)cc3)cc2)cc1. The first-order chi connectivity index (χ1) is 21.4. The molecule has 0 aliphatic heterocycles. The minimum atomic E-state index is -0.384. The van der Waals surface area contributed by atoms with Crippen LogP contribution in [0.25, 0.3) is 0 Å². The van der Waals surface area contributed by atoms with Crippen LogP contribution in [0.1, 0.15) is 31.8 Å². The summed E-state index contributed by atoms with van der Waals surface area (Å²) in [6.07, 6.45) is 7.40. The smallest absolute Gasteiger partial charge is 0.343 e. The van der Waals surface area contributed by atoms with Crippen molar-refractivity contribution in [1.82, 2.24) is 0 Å². The highest BCUT2D eigenvalue weighted by Gasteiger charge is 2.11.